The molecular formula is C21H27NO4. The molecule has 0 fully saturated rings. The summed E-state index contributed by atoms with van der Waals surface area (Å²) in [5.74, 6) is 2.22. The monoisotopic (exact) mass is 357 g/mol. The zero-order valence-electron chi connectivity index (χ0n) is 16.1. The molecule has 0 saturated heterocycles. The van der Waals surface area contributed by atoms with Crippen molar-refractivity contribution in [3.63, 3.8) is 0 Å². The van der Waals surface area contributed by atoms with Gasteiger partial charge >= 0.3 is 0 Å². The first-order chi connectivity index (χ1) is 12.5. The number of carbonyl (C=O) groups excluding carboxylic acids is 1. The second-order valence-corrected chi connectivity index (χ2v) is 6.39. The van der Waals surface area contributed by atoms with E-state index >= 15 is 0 Å². The summed E-state index contributed by atoms with van der Waals surface area (Å²) in [6, 6.07) is 11.5. The molecule has 0 aliphatic carbocycles. The van der Waals surface area contributed by atoms with Crippen LogP contribution in [0.2, 0.25) is 0 Å². The number of ether oxygens (including phenoxy) is 3. The molecule has 26 heavy (non-hydrogen) atoms. The van der Waals surface area contributed by atoms with Crippen LogP contribution in [0, 0.1) is 6.92 Å². The second kappa shape index (κ2) is 9.13. The first kappa shape index (κ1) is 19.6. The number of hydrogen-bond donors (Lipinski definition) is 1. The molecule has 0 radical (unpaired) electrons. The molecule has 0 aliphatic heterocycles. The Hall–Kier alpha value is -2.69. The minimum atomic E-state index is -0.194. The predicted molar refractivity (Wildman–Crippen MR) is 102 cm³/mol. The molecular weight excluding hydrogens is 330 g/mol. The van der Waals surface area contributed by atoms with Gasteiger partial charge in [-0.3, -0.25) is 4.79 Å². The van der Waals surface area contributed by atoms with E-state index in [0.29, 0.717) is 29.7 Å². The van der Waals surface area contributed by atoms with E-state index in [9.17, 15) is 4.79 Å². The van der Waals surface area contributed by atoms with Crippen molar-refractivity contribution < 1.29 is 19.0 Å². The zero-order chi connectivity index (χ0) is 19.1. The van der Waals surface area contributed by atoms with E-state index in [4.69, 9.17) is 14.2 Å². The van der Waals surface area contributed by atoms with Gasteiger partial charge in [-0.2, -0.15) is 0 Å². The summed E-state index contributed by atoms with van der Waals surface area (Å²) in [6.45, 7) is 6.67. The van der Waals surface area contributed by atoms with Crippen LogP contribution in [0.1, 0.15) is 36.5 Å². The van der Waals surface area contributed by atoms with E-state index < -0.39 is 0 Å². The molecule has 1 N–H and O–H groups in total. The highest BCUT2D eigenvalue weighted by Gasteiger charge is 2.11. The van der Waals surface area contributed by atoms with Crippen molar-refractivity contribution >= 4 is 5.91 Å². The van der Waals surface area contributed by atoms with Gasteiger partial charge in [0.1, 0.15) is 5.75 Å². The molecule has 0 atom stereocenters. The average molecular weight is 357 g/mol. The summed E-state index contributed by atoms with van der Waals surface area (Å²) in [5, 5.41) is 2.84. The number of para-hydroxylation sites is 1. The Labute approximate surface area is 155 Å². The predicted octanol–water partition coefficient (Wildman–Crippen LogP) is 3.83. The topological polar surface area (TPSA) is 56.8 Å². The standard InChI is InChI=1S/C21H27NO4/c1-14(2)18-10-9-17(11-15(18)3)26-13-20(23)22-12-16-7-6-8-19(24-4)21(16)25-5/h6-11,14H,12-13H2,1-5H3,(H,22,23). The Bertz CT molecular complexity index is 756. The largest absolute Gasteiger partial charge is 0.493 e. The molecule has 2 aromatic rings. The van der Waals surface area contributed by atoms with Gasteiger partial charge in [0.15, 0.2) is 18.1 Å². The zero-order valence-corrected chi connectivity index (χ0v) is 16.1. The van der Waals surface area contributed by atoms with Crippen LogP contribution in [0.25, 0.3) is 0 Å². The van der Waals surface area contributed by atoms with Crippen LogP contribution >= 0.6 is 0 Å². The van der Waals surface area contributed by atoms with Crippen LogP contribution in [0.4, 0.5) is 0 Å². The molecule has 0 spiro atoms. The minimum absolute atomic E-state index is 0.0350. The molecule has 0 aromatic heterocycles. The summed E-state index contributed by atoms with van der Waals surface area (Å²) in [7, 11) is 3.16. The molecule has 0 unspecified atom stereocenters. The van der Waals surface area contributed by atoms with Gasteiger partial charge < -0.3 is 19.5 Å². The van der Waals surface area contributed by atoms with E-state index in [2.05, 4.69) is 26.1 Å². The van der Waals surface area contributed by atoms with Gasteiger partial charge in [0, 0.05) is 12.1 Å². The third-order valence-corrected chi connectivity index (χ3v) is 4.19. The quantitative estimate of drug-likeness (QED) is 0.780. The van der Waals surface area contributed by atoms with Crippen molar-refractivity contribution in [1.82, 2.24) is 5.32 Å². The van der Waals surface area contributed by atoms with Gasteiger partial charge in [-0.1, -0.05) is 32.0 Å². The summed E-state index contributed by atoms with van der Waals surface area (Å²) >= 11 is 0. The highest BCUT2D eigenvalue weighted by Crippen LogP contribution is 2.30. The normalized spacial score (nSPS) is 10.5. The Morgan fingerprint density at radius 2 is 1.88 bits per heavy atom. The Morgan fingerprint density at radius 3 is 2.50 bits per heavy atom. The lowest BCUT2D eigenvalue weighted by atomic mass is 9.98. The van der Waals surface area contributed by atoms with Crippen molar-refractivity contribution in [3.8, 4) is 17.2 Å². The lowest BCUT2D eigenvalue weighted by Crippen LogP contribution is -2.28. The number of nitrogens with one attached hydrogen (secondary N) is 1. The van der Waals surface area contributed by atoms with Gasteiger partial charge in [-0.05, 0) is 42.2 Å². The van der Waals surface area contributed by atoms with Crippen LogP contribution in [-0.4, -0.2) is 26.7 Å². The molecule has 5 heteroatoms. The average Bonchev–Trinajstić information content (AvgIpc) is 2.63. The third-order valence-electron chi connectivity index (χ3n) is 4.19. The number of carbonyl (C=O) groups is 1. The smallest absolute Gasteiger partial charge is 0.258 e. The maximum Gasteiger partial charge on any atom is 0.258 e. The number of aryl methyl sites for hydroxylation is 1. The highest BCUT2D eigenvalue weighted by atomic mass is 16.5. The molecule has 2 rings (SSSR count). The molecule has 0 saturated carbocycles. The molecule has 1 amide bonds. The van der Waals surface area contributed by atoms with Crippen molar-refractivity contribution in [1.29, 1.82) is 0 Å². The van der Waals surface area contributed by atoms with Gasteiger partial charge in [0.2, 0.25) is 0 Å². The highest BCUT2D eigenvalue weighted by molar-refractivity contribution is 5.77. The maximum atomic E-state index is 12.1. The lowest BCUT2D eigenvalue weighted by Gasteiger charge is -2.14. The fourth-order valence-corrected chi connectivity index (χ4v) is 2.87. The van der Waals surface area contributed by atoms with Crippen LogP contribution in [0.3, 0.4) is 0 Å². The van der Waals surface area contributed by atoms with Crippen LogP contribution in [-0.2, 0) is 11.3 Å². The summed E-state index contributed by atoms with van der Waals surface area (Å²) in [6.07, 6.45) is 0. The van der Waals surface area contributed by atoms with E-state index in [0.717, 1.165) is 5.56 Å². The van der Waals surface area contributed by atoms with E-state index in [1.54, 1.807) is 14.2 Å². The SMILES string of the molecule is COc1cccc(CNC(=O)COc2ccc(C(C)C)c(C)c2)c1OC. The number of benzene rings is 2. The molecule has 0 bridgehead atoms. The van der Waals surface area contributed by atoms with E-state index in [-0.39, 0.29) is 12.5 Å². The number of methoxy groups -OCH3 is 2. The van der Waals surface area contributed by atoms with Crippen molar-refractivity contribution in [3.05, 3.63) is 53.1 Å². The van der Waals surface area contributed by atoms with Crippen LogP contribution < -0.4 is 19.5 Å². The second-order valence-electron chi connectivity index (χ2n) is 6.39. The van der Waals surface area contributed by atoms with Crippen LogP contribution in [0.15, 0.2) is 36.4 Å². The Kier molecular flexibility index (Phi) is 6.89. The molecule has 0 heterocycles. The Morgan fingerprint density at radius 1 is 1.12 bits per heavy atom. The molecule has 2 aromatic carbocycles. The number of amides is 1. The number of hydrogen-bond acceptors (Lipinski definition) is 4. The van der Waals surface area contributed by atoms with Crippen molar-refractivity contribution in [2.45, 2.75) is 33.2 Å². The van der Waals surface area contributed by atoms with Crippen LogP contribution in [0.5, 0.6) is 17.2 Å². The van der Waals surface area contributed by atoms with E-state index in [1.807, 2.05) is 36.4 Å². The van der Waals surface area contributed by atoms with E-state index in [1.165, 1.54) is 11.1 Å². The first-order valence-electron chi connectivity index (χ1n) is 8.66. The van der Waals surface area contributed by atoms with Gasteiger partial charge in [-0.25, -0.2) is 0 Å². The minimum Gasteiger partial charge on any atom is -0.493 e. The summed E-state index contributed by atoms with van der Waals surface area (Å²) in [5.41, 5.74) is 3.29. The van der Waals surface area contributed by atoms with Gasteiger partial charge in [0.25, 0.3) is 5.91 Å². The summed E-state index contributed by atoms with van der Waals surface area (Å²) < 4.78 is 16.2. The van der Waals surface area contributed by atoms with Crippen molar-refractivity contribution in [2.24, 2.45) is 0 Å². The van der Waals surface area contributed by atoms with Crippen molar-refractivity contribution in [2.75, 3.05) is 20.8 Å². The fraction of sp³-hybridized carbons (Fsp3) is 0.381. The van der Waals surface area contributed by atoms with Gasteiger partial charge in [-0.15, -0.1) is 0 Å². The maximum absolute atomic E-state index is 12.1. The molecule has 0 aliphatic rings. The van der Waals surface area contributed by atoms with Gasteiger partial charge in [0.05, 0.1) is 14.2 Å². The number of rotatable bonds is 8. The Balaban J connectivity index is 1.91. The lowest BCUT2D eigenvalue weighted by molar-refractivity contribution is -0.123. The third kappa shape index (κ3) is 4.91. The molecule has 140 valence electrons. The molecule has 5 nitrogen and oxygen atoms in total. The summed E-state index contributed by atoms with van der Waals surface area (Å²) in [4.78, 5) is 12.1. The fourth-order valence-electron chi connectivity index (χ4n) is 2.87. The first-order valence-corrected chi connectivity index (χ1v) is 8.66.